The molecule has 0 fully saturated rings. The van der Waals surface area contributed by atoms with Crippen LogP contribution in [0.1, 0.15) is 88.5 Å². The Balaban J connectivity index is 0.00000400. The number of H-pyrrole nitrogens is 2. The zero-order valence-corrected chi connectivity index (χ0v) is 27.6. The average Bonchev–Trinajstić information content (AvgIpc) is 3.72. The maximum Gasteiger partial charge on any atom is 2.00 e. The van der Waals surface area contributed by atoms with E-state index in [1.807, 2.05) is 39.0 Å². The first-order chi connectivity index (χ1) is 21.0. The zero-order valence-electron chi connectivity index (χ0n) is 26.1. The normalized spacial score (nSPS) is 15.6. The van der Waals surface area contributed by atoms with E-state index in [-0.39, 0.29) is 23.1 Å². The van der Waals surface area contributed by atoms with Crippen molar-refractivity contribution in [1.29, 1.82) is 0 Å². The summed E-state index contributed by atoms with van der Waals surface area (Å²) in [6.45, 7) is 13.9. The van der Waals surface area contributed by atoms with Crippen molar-refractivity contribution in [3.8, 4) is 0 Å². The van der Waals surface area contributed by atoms with Gasteiger partial charge in [-0.25, -0.2) is 14.8 Å². The van der Waals surface area contributed by atoms with Crippen molar-refractivity contribution in [2.24, 2.45) is 0 Å². The number of aryl methyl sites for hydroxylation is 2. The molecule has 3 aromatic heterocycles. The molecule has 6 rings (SSSR count). The molecule has 45 heavy (non-hydrogen) atoms. The van der Waals surface area contributed by atoms with E-state index in [9.17, 15) is 19.5 Å². The summed E-state index contributed by atoms with van der Waals surface area (Å²) in [6.07, 6.45) is 5.07. The Hall–Kier alpha value is -4.54. The Morgan fingerprint density at radius 3 is 2.27 bits per heavy atom. The number of rotatable bonds is 5. The van der Waals surface area contributed by atoms with E-state index in [1.54, 1.807) is 6.08 Å². The number of carboxylic acid groups (broad SMARTS) is 1. The van der Waals surface area contributed by atoms with Crippen LogP contribution in [0, 0.1) is 13.8 Å². The van der Waals surface area contributed by atoms with Gasteiger partial charge >= 0.3 is 35.0 Å². The van der Waals surface area contributed by atoms with Gasteiger partial charge in [0.1, 0.15) is 0 Å². The monoisotopic (exact) mass is 612 g/mol. The van der Waals surface area contributed by atoms with E-state index < -0.39 is 23.6 Å². The van der Waals surface area contributed by atoms with Gasteiger partial charge < -0.3 is 19.8 Å². The predicted octanol–water partition coefficient (Wildman–Crippen LogP) is 4.66. The average molecular weight is 613 g/mol. The number of ether oxygens (including phenoxy) is 1. The van der Waals surface area contributed by atoms with Crippen molar-refractivity contribution < 1.29 is 34.2 Å². The number of nitrogens with one attached hydrogen (secondary N) is 2. The molecule has 3 aromatic rings. The fourth-order valence-corrected chi connectivity index (χ4v) is 6.49. The summed E-state index contributed by atoms with van der Waals surface area (Å²) in [4.78, 5) is 55.6. The van der Waals surface area contributed by atoms with Gasteiger partial charge in [0.05, 0.1) is 12.7 Å². The molecule has 0 saturated carbocycles. The molecular formula is C35H32MgN4O5+2. The van der Waals surface area contributed by atoms with Crippen molar-refractivity contribution in [3.63, 3.8) is 0 Å². The molecule has 10 heteroatoms. The number of carboxylic acids is 1. The van der Waals surface area contributed by atoms with Gasteiger partial charge in [-0.05, 0) is 64.0 Å². The van der Waals surface area contributed by atoms with E-state index in [2.05, 4.69) is 30.4 Å². The second-order valence-corrected chi connectivity index (χ2v) is 11.2. The largest absolute Gasteiger partial charge is 2.00 e. The van der Waals surface area contributed by atoms with Gasteiger partial charge in [-0.15, -0.1) is 22.1 Å². The predicted molar refractivity (Wildman–Crippen MR) is 173 cm³/mol. The van der Waals surface area contributed by atoms with Crippen LogP contribution >= 0.6 is 0 Å². The van der Waals surface area contributed by atoms with Crippen LogP contribution in [0.2, 0.25) is 0 Å². The van der Waals surface area contributed by atoms with Crippen molar-refractivity contribution in [3.05, 3.63) is 87.5 Å². The van der Waals surface area contributed by atoms with Crippen LogP contribution in [-0.2, 0) is 14.3 Å². The minimum absolute atomic E-state index is 0. The molecule has 8 bridgehead atoms. The summed E-state index contributed by atoms with van der Waals surface area (Å²) in [5.74, 6) is -3.51. The summed E-state index contributed by atoms with van der Waals surface area (Å²) in [5.41, 5.74) is 12.0. The summed E-state index contributed by atoms with van der Waals surface area (Å²) in [7, 11) is 1.24. The molecule has 3 N–H and O–H groups in total. The number of Topliss-reactive ketones (excluding diaryl/α,β-unsaturated/α-hetero) is 1. The molecule has 0 saturated heterocycles. The molecule has 0 radical (unpaired) electrons. The number of aromatic amines is 2. The zero-order chi connectivity index (χ0) is 31.6. The van der Waals surface area contributed by atoms with Crippen molar-refractivity contribution in [1.82, 2.24) is 9.97 Å². The number of esters is 1. The van der Waals surface area contributed by atoms with E-state index in [1.165, 1.54) is 13.2 Å². The minimum Gasteiger partial charge on any atom is -0.657 e. The van der Waals surface area contributed by atoms with Crippen LogP contribution in [0.25, 0.3) is 50.4 Å². The third-order valence-electron chi connectivity index (χ3n) is 8.87. The number of nitrogens with zero attached hydrogens (tertiary/aromatic N) is 2. The quantitative estimate of drug-likeness (QED) is 0.192. The van der Waals surface area contributed by atoms with Crippen LogP contribution in [0.5, 0.6) is 0 Å². The first-order valence-electron chi connectivity index (χ1n) is 14.4. The Kier molecular flexibility index (Phi) is 8.32. The van der Waals surface area contributed by atoms with Gasteiger partial charge in [-0.2, -0.15) is 0 Å². The van der Waals surface area contributed by atoms with Gasteiger partial charge in [0.15, 0.2) is 11.7 Å². The smallest absolute Gasteiger partial charge is 0.657 e. The molecule has 0 unspecified atom stereocenters. The number of fused-ring (bicyclic) bond motifs is 8. The van der Waals surface area contributed by atoms with E-state index in [0.29, 0.717) is 50.2 Å². The number of aromatic nitrogens is 4. The molecule has 3 aliphatic rings. The number of carbonyl (C=O) groups is 3. The standard InChI is InChI=1S/C35H32N4O5.Mg/c1-8-19-15(3)22-12-24-17(5)21(10-11-28(40)41)32(38-24)30-31(35(43)44-7)34(42)29-18(6)25(39-33(29)30)14-27-20(9-2)16(4)23(37-27)13-26(19)36-22;/h8,10-14,31H,1,9H2,2-7H3,(H3,36,37,38,39,40,41,42);/q;+2/b11-10+,22-12?,23-13?,24-12?,25-14?,26-13?,27-14?,32-30?;/t31-;/m1./s1. The van der Waals surface area contributed by atoms with Crippen LogP contribution in [-0.4, -0.2) is 53.0 Å². The molecule has 9 nitrogen and oxygen atoms in total. The Bertz CT molecular complexity index is 2130. The molecule has 222 valence electrons. The SMILES string of the molecule is C=Cc1c(C)c2cc3[nH+]c(c4c5[n-]c(cc6[nH+]c(cc1[n-]2)C(C)=C6CC)c(C)c5C(=O)[C@@H]4C(=O)OC)C(/C=C/C(=O)O)=C3C.[Mg+2]. The van der Waals surface area contributed by atoms with E-state index in [0.717, 1.165) is 57.2 Å². The summed E-state index contributed by atoms with van der Waals surface area (Å²) < 4.78 is 5.10. The summed E-state index contributed by atoms with van der Waals surface area (Å²) in [6, 6.07) is 5.85. The minimum atomic E-state index is -1.26. The fraction of sp³-hybridized carbons (Fsp3) is 0.229. The van der Waals surface area contributed by atoms with Gasteiger partial charge in [0, 0.05) is 33.9 Å². The van der Waals surface area contributed by atoms with Crippen molar-refractivity contribution >= 4 is 91.2 Å². The van der Waals surface area contributed by atoms with Crippen molar-refractivity contribution in [2.75, 3.05) is 7.11 Å². The number of aliphatic carboxylic acids is 1. The molecule has 0 aromatic carbocycles. The molecule has 0 spiro atoms. The number of ketones is 1. The Labute approximate surface area is 276 Å². The molecular weight excluding hydrogens is 581 g/mol. The molecule has 2 aliphatic heterocycles. The number of methoxy groups -OCH3 is 1. The van der Waals surface area contributed by atoms with Crippen LogP contribution < -0.4 is 19.9 Å². The maximum atomic E-state index is 14.0. The summed E-state index contributed by atoms with van der Waals surface area (Å²) >= 11 is 0. The first-order valence-corrected chi connectivity index (χ1v) is 14.4. The fourth-order valence-electron chi connectivity index (χ4n) is 6.49. The third kappa shape index (κ3) is 4.88. The van der Waals surface area contributed by atoms with Crippen LogP contribution in [0.4, 0.5) is 0 Å². The molecule has 5 heterocycles. The first kappa shape index (κ1) is 31.9. The van der Waals surface area contributed by atoms with Gasteiger partial charge in [0.25, 0.3) is 0 Å². The molecule has 0 amide bonds. The van der Waals surface area contributed by atoms with Gasteiger partial charge in [-0.1, -0.05) is 30.7 Å². The number of hydrogen-bond acceptors (Lipinski definition) is 4. The van der Waals surface area contributed by atoms with Crippen LogP contribution in [0.15, 0.2) is 36.9 Å². The van der Waals surface area contributed by atoms with Gasteiger partial charge in [0.2, 0.25) is 22.8 Å². The number of carbonyl (C=O) groups excluding carboxylic acids is 2. The Morgan fingerprint density at radius 2 is 1.62 bits per heavy atom. The van der Waals surface area contributed by atoms with E-state index in [4.69, 9.17) is 14.7 Å². The maximum absolute atomic E-state index is 14.0. The third-order valence-corrected chi connectivity index (χ3v) is 8.87. The van der Waals surface area contributed by atoms with E-state index >= 15 is 0 Å². The second-order valence-electron chi connectivity index (χ2n) is 11.2. The van der Waals surface area contributed by atoms with Gasteiger partial charge in [-0.3, -0.25) is 9.59 Å². The second kappa shape index (κ2) is 11.8. The van der Waals surface area contributed by atoms with Crippen LogP contribution in [0.3, 0.4) is 0 Å². The van der Waals surface area contributed by atoms with Crippen molar-refractivity contribution in [2.45, 2.75) is 47.0 Å². The number of hydrogen-bond donors (Lipinski definition) is 1. The number of allylic oxidation sites excluding steroid dienone is 5. The molecule has 1 aliphatic carbocycles. The topological polar surface area (TPSA) is 137 Å². The summed E-state index contributed by atoms with van der Waals surface area (Å²) in [5, 5.41) is 9.49. The molecule has 1 atom stereocenters. The Morgan fingerprint density at radius 1 is 0.978 bits per heavy atom.